The molecular weight excluding hydrogens is 407 g/mol. The van der Waals surface area contributed by atoms with Crippen LogP contribution >= 0.6 is 0 Å². The lowest BCUT2D eigenvalue weighted by atomic mass is 10.1. The van der Waals surface area contributed by atoms with Crippen LogP contribution in [0.1, 0.15) is 22.8 Å². The summed E-state index contributed by atoms with van der Waals surface area (Å²) in [6, 6.07) is 18.4. The fraction of sp³-hybridized carbons (Fsp3) is 0.136. The van der Waals surface area contributed by atoms with Gasteiger partial charge in [-0.3, -0.25) is 4.72 Å². The topological polar surface area (TPSA) is 86.7 Å². The molecule has 30 heavy (non-hydrogen) atoms. The maximum Gasteiger partial charge on any atom is 0.337 e. The lowest BCUT2D eigenvalue weighted by Crippen LogP contribution is -2.24. The first-order chi connectivity index (χ1) is 14.3. The maximum absolute atomic E-state index is 13.1. The molecular formula is C22H21FN2O4S. The van der Waals surface area contributed by atoms with Gasteiger partial charge in [-0.05, 0) is 55.0 Å². The molecule has 0 saturated carbocycles. The maximum atomic E-state index is 13.1. The summed E-state index contributed by atoms with van der Waals surface area (Å²) >= 11 is 0. The van der Waals surface area contributed by atoms with Crippen LogP contribution in [0.2, 0.25) is 0 Å². The minimum absolute atomic E-state index is 0.0212. The fourth-order valence-corrected chi connectivity index (χ4v) is 4.10. The van der Waals surface area contributed by atoms with Gasteiger partial charge in [-0.2, -0.15) is 0 Å². The number of nitrogens with one attached hydrogen (secondary N) is 1. The van der Waals surface area contributed by atoms with Crippen LogP contribution in [0, 0.1) is 5.82 Å². The zero-order chi connectivity index (χ0) is 21.7. The Morgan fingerprint density at radius 1 is 1.03 bits per heavy atom. The van der Waals surface area contributed by atoms with Crippen LogP contribution < -0.4 is 9.62 Å². The van der Waals surface area contributed by atoms with Crippen molar-refractivity contribution in [2.75, 3.05) is 16.2 Å². The number of sulfonamides is 1. The number of benzene rings is 3. The number of anilines is 2. The first kappa shape index (κ1) is 21.3. The number of hydrogen-bond acceptors (Lipinski definition) is 4. The van der Waals surface area contributed by atoms with Gasteiger partial charge in [0.1, 0.15) is 5.82 Å². The molecule has 3 aromatic carbocycles. The highest BCUT2D eigenvalue weighted by Gasteiger charge is 2.19. The number of halogens is 1. The van der Waals surface area contributed by atoms with E-state index in [9.17, 15) is 22.7 Å². The molecule has 0 aliphatic carbocycles. The van der Waals surface area contributed by atoms with Crippen molar-refractivity contribution in [1.82, 2.24) is 0 Å². The smallest absolute Gasteiger partial charge is 0.337 e. The van der Waals surface area contributed by atoms with Crippen molar-refractivity contribution in [1.29, 1.82) is 0 Å². The summed E-state index contributed by atoms with van der Waals surface area (Å²) in [6.45, 7) is 2.99. The van der Waals surface area contributed by atoms with Gasteiger partial charge in [-0.15, -0.1) is 0 Å². The Balaban J connectivity index is 1.91. The molecule has 0 aromatic heterocycles. The van der Waals surface area contributed by atoms with E-state index in [1.54, 1.807) is 6.07 Å². The molecule has 0 heterocycles. The minimum Gasteiger partial charge on any atom is -0.478 e. The Morgan fingerprint density at radius 3 is 2.30 bits per heavy atom. The second-order valence-corrected chi connectivity index (χ2v) is 8.28. The molecule has 3 rings (SSSR count). The Hall–Kier alpha value is -3.39. The summed E-state index contributed by atoms with van der Waals surface area (Å²) in [4.78, 5) is 13.7. The van der Waals surface area contributed by atoms with E-state index >= 15 is 0 Å². The predicted molar refractivity (Wildman–Crippen MR) is 114 cm³/mol. The van der Waals surface area contributed by atoms with Gasteiger partial charge in [0, 0.05) is 18.8 Å². The van der Waals surface area contributed by atoms with Crippen molar-refractivity contribution in [3.63, 3.8) is 0 Å². The molecule has 0 fully saturated rings. The summed E-state index contributed by atoms with van der Waals surface area (Å²) in [6.07, 6.45) is 0. The molecule has 0 saturated heterocycles. The number of aromatic carboxylic acids is 1. The first-order valence-electron chi connectivity index (χ1n) is 9.25. The molecule has 0 radical (unpaired) electrons. The third-order valence-electron chi connectivity index (χ3n) is 4.54. The molecule has 0 spiro atoms. The monoisotopic (exact) mass is 428 g/mol. The summed E-state index contributed by atoms with van der Waals surface area (Å²) in [5.41, 5.74) is 1.60. The Bertz CT molecular complexity index is 1130. The zero-order valence-electron chi connectivity index (χ0n) is 16.2. The minimum atomic E-state index is -3.98. The van der Waals surface area contributed by atoms with E-state index < -0.39 is 21.8 Å². The molecule has 3 aromatic rings. The quantitative estimate of drug-likeness (QED) is 0.557. The van der Waals surface area contributed by atoms with E-state index in [0.717, 1.165) is 29.8 Å². The number of carbonyl (C=O) groups is 1. The second kappa shape index (κ2) is 8.96. The van der Waals surface area contributed by atoms with Crippen LogP contribution in [0.15, 0.2) is 77.7 Å². The third kappa shape index (κ3) is 4.96. The summed E-state index contributed by atoms with van der Waals surface area (Å²) in [5, 5.41) is 9.70. The Kier molecular flexibility index (Phi) is 6.37. The molecule has 0 bridgehead atoms. The molecule has 6 nitrogen and oxygen atoms in total. The number of rotatable bonds is 8. The highest BCUT2D eigenvalue weighted by molar-refractivity contribution is 7.92. The number of nitrogens with zero attached hydrogens (tertiary/aromatic N) is 1. The number of carboxylic acid groups (broad SMARTS) is 1. The molecule has 156 valence electrons. The highest BCUT2D eigenvalue weighted by atomic mass is 32.2. The lowest BCUT2D eigenvalue weighted by molar-refractivity contribution is 0.0697. The second-order valence-electron chi connectivity index (χ2n) is 6.60. The van der Waals surface area contributed by atoms with Crippen LogP contribution in [0.5, 0.6) is 0 Å². The SMILES string of the molecule is CCN(Cc1ccccc1)c1ccc(NS(=O)(=O)c2ccc(F)cc2)cc1C(=O)O. The average molecular weight is 428 g/mol. The van der Waals surface area contributed by atoms with Crippen molar-refractivity contribution >= 4 is 27.4 Å². The molecule has 0 aliphatic rings. The standard InChI is InChI=1S/C22H21FN2O4S/c1-2-25(15-16-6-4-3-5-7-16)21-13-10-18(14-20(21)22(26)27)24-30(28,29)19-11-8-17(23)9-12-19/h3-14,24H,2,15H2,1H3,(H,26,27). The molecule has 8 heteroatoms. The van der Waals surface area contributed by atoms with Gasteiger partial charge < -0.3 is 10.0 Å². The van der Waals surface area contributed by atoms with E-state index in [4.69, 9.17) is 0 Å². The lowest BCUT2D eigenvalue weighted by Gasteiger charge is -2.25. The van der Waals surface area contributed by atoms with Gasteiger partial charge in [-0.1, -0.05) is 30.3 Å². The van der Waals surface area contributed by atoms with Crippen molar-refractivity contribution in [2.45, 2.75) is 18.4 Å². The van der Waals surface area contributed by atoms with Crippen LogP contribution in [0.4, 0.5) is 15.8 Å². The molecule has 0 atom stereocenters. The first-order valence-corrected chi connectivity index (χ1v) is 10.7. The van der Waals surface area contributed by atoms with Gasteiger partial charge >= 0.3 is 5.97 Å². The average Bonchev–Trinajstić information content (AvgIpc) is 2.73. The summed E-state index contributed by atoms with van der Waals surface area (Å²) in [7, 11) is -3.98. The van der Waals surface area contributed by atoms with E-state index in [-0.39, 0.29) is 16.1 Å². The Morgan fingerprint density at radius 2 is 1.70 bits per heavy atom. The normalized spacial score (nSPS) is 11.1. The van der Waals surface area contributed by atoms with Crippen LogP contribution in [-0.4, -0.2) is 26.0 Å². The zero-order valence-corrected chi connectivity index (χ0v) is 17.1. The summed E-state index contributed by atoms with van der Waals surface area (Å²) in [5.74, 6) is -1.72. The number of carboxylic acids is 1. The predicted octanol–water partition coefficient (Wildman–Crippen LogP) is 4.35. The van der Waals surface area contributed by atoms with Gasteiger partial charge in [0.15, 0.2) is 0 Å². The molecule has 0 unspecified atom stereocenters. The van der Waals surface area contributed by atoms with E-state index in [0.29, 0.717) is 18.8 Å². The van der Waals surface area contributed by atoms with Gasteiger partial charge in [0.05, 0.1) is 16.1 Å². The van der Waals surface area contributed by atoms with E-state index in [2.05, 4.69) is 4.72 Å². The molecule has 2 N–H and O–H groups in total. The van der Waals surface area contributed by atoms with Crippen LogP contribution in [0.25, 0.3) is 0 Å². The van der Waals surface area contributed by atoms with Gasteiger partial charge in [0.25, 0.3) is 10.0 Å². The Labute approximate surface area is 174 Å². The number of hydrogen-bond donors (Lipinski definition) is 2. The van der Waals surface area contributed by atoms with Crippen molar-refractivity contribution in [3.05, 3.63) is 89.7 Å². The van der Waals surface area contributed by atoms with Gasteiger partial charge in [-0.25, -0.2) is 17.6 Å². The fourth-order valence-electron chi connectivity index (χ4n) is 3.05. The van der Waals surface area contributed by atoms with Crippen LogP contribution in [-0.2, 0) is 16.6 Å². The highest BCUT2D eigenvalue weighted by Crippen LogP contribution is 2.27. The molecule has 0 amide bonds. The van der Waals surface area contributed by atoms with E-state index in [1.165, 1.54) is 12.1 Å². The van der Waals surface area contributed by atoms with Crippen molar-refractivity contribution in [2.24, 2.45) is 0 Å². The van der Waals surface area contributed by atoms with Crippen molar-refractivity contribution < 1.29 is 22.7 Å². The molecule has 0 aliphatic heterocycles. The largest absolute Gasteiger partial charge is 0.478 e. The van der Waals surface area contributed by atoms with Crippen molar-refractivity contribution in [3.8, 4) is 0 Å². The summed E-state index contributed by atoms with van der Waals surface area (Å²) < 4.78 is 40.5. The van der Waals surface area contributed by atoms with E-state index in [1.807, 2.05) is 42.2 Å². The van der Waals surface area contributed by atoms with Crippen LogP contribution in [0.3, 0.4) is 0 Å². The van der Waals surface area contributed by atoms with Gasteiger partial charge in [0.2, 0.25) is 0 Å². The third-order valence-corrected chi connectivity index (χ3v) is 5.94.